The summed E-state index contributed by atoms with van der Waals surface area (Å²) in [6, 6.07) is 20.1. The average molecular weight is 349 g/mol. The van der Waals surface area contributed by atoms with Crippen LogP contribution in [-0.4, -0.2) is 9.66 Å². The molecular formula is C16H16IN. The van der Waals surface area contributed by atoms with Crippen LogP contribution in [0.3, 0.4) is 0 Å². The molecule has 1 aliphatic rings. The van der Waals surface area contributed by atoms with Gasteiger partial charge in [0.25, 0.3) is 0 Å². The Balaban J connectivity index is 2.05. The Morgan fingerprint density at radius 3 is 2.39 bits per heavy atom. The molecule has 2 aromatic carbocycles. The molecule has 0 spiro atoms. The van der Waals surface area contributed by atoms with Crippen molar-refractivity contribution in [2.24, 2.45) is 0 Å². The highest BCUT2D eigenvalue weighted by atomic mass is 127. The van der Waals surface area contributed by atoms with Crippen LogP contribution in [0.1, 0.15) is 24.4 Å². The maximum absolute atomic E-state index is 2.47. The highest BCUT2D eigenvalue weighted by Gasteiger charge is 2.25. The zero-order chi connectivity index (χ0) is 12.4. The van der Waals surface area contributed by atoms with Gasteiger partial charge in [-0.1, -0.05) is 54.6 Å². The number of hydrogen-bond acceptors (Lipinski definition) is 1. The van der Waals surface area contributed by atoms with Crippen LogP contribution in [0.5, 0.6) is 0 Å². The third kappa shape index (κ3) is 2.31. The zero-order valence-corrected chi connectivity index (χ0v) is 12.4. The fraction of sp³-hybridized carbons (Fsp3) is 0.250. The Morgan fingerprint density at radius 1 is 0.944 bits per heavy atom. The fourth-order valence-electron chi connectivity index (χ4n) is 2.71. The molecule has 2 heteroatoms. The van der Waals surface area contributed by atoms with E-state index in [1.807, 2.05) is 0 Å². The molecule has 2 aromatic rings. The van der Waals surface area contributed by atoms with Crippen LogP contribution in [-0.2, 0) is 0 Å². The average Bonchev–Trinajstić information content (AvgIpc) is 2.86. The van der Waals surface area contributed by atoms with Gasteiger partial charge < -0.3 is 0 Å². The highest BCUT2D eigenvalue weighted by Crippen LogP contribution is 2.39. The summed E-state index contributed by atoms with van der Waals surface area (Å²) in [6.45, 7) is 1.20. The summed E-state index contributed by atoms with van der Waals surface area (Å²) in [5.41, 5.74) is 4.17. The largest absolute Gasteiger partial charge is 0.240 e. The first-order chi connectivity index (χ1) is 8.86. The summed E-state index contributed by atoms with van der Waals surface area (Å²) in [5.74, 6) is 0. The van der Waals surface area contributed by atoms with Gasteiger partial charge in [-0.3, -0.25) is 0 Å². The first-order valence-electron chi connectivity index (χ1n) is 6.43. The van der Waals surface area contributed by atoms with E-state index in [1.54, 1.807) is 0 Å². The van der Waals surface area contributed by atoms with Gasteiger partial charge in [-0.05, 0) is 29.5 Å². The molecule has 1 saturated heterocycles. The summed E-state index contributed by atoms with van der Waals surface area (Å²) in [5, 5.41) is 0. The molecule has 18 heavy (non-hydrogen) atoms. The lowest BCUT2D eigenvalue weighted by Crippen LogP contribution is -2.11. The van der Waals surface area contributed by atoms with Crippen molar-refractivity contribution >= 4 is 22.9 Å². The standard InChI is InChI=1S/C16H16IN/c17-18-12-6-11-16(18)15-10-5-4-9-14(15)13-7-2-1-3-8-13/h1-5,7-10,16H,6,11-12H2. The molecule has 1 aliphatic heterocycles. The zero-order valence-electron chi connectivity index (χ0n) is 10.2. The Morgan fingerprint density at radius 2 is 1.67 bits per heavy atom. The Kier molecular flexibility index (Phi) is 3.66. The van der Waals surface area contributed by atoms with E-state index in [0.29, 0.717) is 6.04 Å². The van der Waals surface area contributed by atoms with Gasteiger partial charge in [-0.2, -0.15) is 0 Å². The van der Waals surface area contributed by atoms with E-state index in [4.69, 9.17) is 0 Å². The van der Waals surface area contributed by atoms with E-state index >= 15 is 0 Å². The predicted octanol–water partition coefficient (Wildman–Crippen LogP) is 4.84. The Bertz CT molecular complexity index is 524. The number of halogens is 1. The van der Waals surface area contributed by atoms with Crippen LogP contribution in [0.4, 0.5) is 0 Å². The highest BCUT2D eigenvalue weighted by molar-refractivity contribution is 14.1. The summed E-state index contributed by atoms with van der Waals surface area (Å²) < 4.78 is 2.44. The molecule has 0 bridgehead atoms. The molecule has 3 rings (SSSR count). The van der Waals surface area contributed by atoms with Gasteiger partial charge in [0, 0.05) is 35.5 Å². The maximum Gasteiger partial charge on any atom is 0.0450 e. The van der Waals surface area contributed by atoms with Crippen molar-refractivity contribution in [3.05, 3.63) is 60.2 Å². The molecule has 0 N–H and O–H groups in total. The molecule has 0 amide bonds. The lowest BCUT2D eigenvalue weighted by molar-refractivity contribution is 0.490. The molecule has 1 heterocycles. The predicted molar refractivity (Wildman–Crippen MR) is 84.6 cm³/mol. The summed E-state index contributed by atoms with van der Waals surface area (Å²) in [7, 11) is 0. The number of nitrogens with zero attached hydrogens (tertiary/aromatic N) is 1. The van der Waals surface area contributed by atoms with Gasteiger partial charge in [0.2, 0.25) is 0 Å². The molecule has 0 aromatic heterocycles. The molecule has 1 unspecified atom stereocenters. The van der Waals surface area contributed by atoms with Gasteiger partial charge in [0.05, 0.1) is 0 Å². The van der Waals surface area contributed by atoms with Crippen molar-refractivity contribution in [3.63, 3.8) is 0 Å². The molecule has 1 nitrogen and oxygen atoms in total. The van der Waals surface area contributed by atoms with E-state index in [1.165, 1.54) is 36.1 Å². The van der Waals surface area contributed by atoms with Gasteiger partial charge in [-0.15, -0.1) is 0 Å². The molecule has 0 saturated carbocycles. The van der Waals surface area contributed by atoms with E-state index in [0.717, 1.165) is 0 Å². The van der Waals surface area contributed by atoms with Crippen LogP contribution in [0.25, 0.3) is 11.1 Å². The first-order valence-corrected chi connectivity index (χ1v) is 7.39. The molecule has 0 radical (unpaired) electrons. The van der Waals surface area contributed by atoms with Crippen molar-refractivity contribution in [1.82, 2.24) is 3.11 Å². The molecular weight excluding hydrogens is 333 g/mol. The van der Waals surface area contributed by atoms with Crippen LogP contribution in [0.15, 0.2) is 54.6 Å². The maximum atomic E-state index is 2.47. The van der Waals surface area contributed by atoms with Crippen molar-refractivity contribution in [2.75, 3.05) is 6.54 Å². The third-order valence-electron chi connectivity index (χ3n) is 3.59. The van der Waals surface area contributed by atoms with Crippen LogP contribution >= 0.6 is 22.9 Å². The minimum atomic E-state index is 0.571. The molecule has 92 valence electrons. The first kappa shape index (κ1) is 12.2. The Labute approximate surface area is 122 Å². The quantitative estimate of drug-likeness (QED) is 0.554. The van der Waals surface area contributed by atoms with Crippen LogP contribution < -0.4 is 0 Å². The lowest BCUT2D eigenvalue weighted by atomic mass is 9.94. The molecule has 1 fully saturated rings. The second-order valence-corrected chi connectivity index (χ2v) is 5.97. The van der Waals surface area contributed by atoms with Crippen LogP contribution in [0, 0.1) is 0 Å². The number of rotatable bonds is 2. The molecule has 0 aliphatic carbocycles. The lowest BCUT2D eigenvalue weighted by Gasteiger charge is -2.21. The van der Waals surface area contributed by atoms with Gasteiger partial charge in [0.15, 0.2) is 0 Å². The topological polar surface area (TPSA) is 3.24 Å². The number of hydrogen-bond donors (Lipinski definition) is 0. The molecule has 1 atom stereocenters. The van der Waals surface area contributed by atoms with Gasteiger partial charge >= 0.3 is 0 Å². The van der Waals surface area contributed by atoms with Crippen molar-refractivity contribution in [2.45, 2.75) is 18.9 Å². The smallest absolute Gasteiger partial charge is 0.0450 e. The van der Waals surface area contributed by atoms with Crippen molar-refractivity contribution in [3.8, 4) is 11.1 Å². The van der Waals surface area contributed by atoms with Crippen molar-refractivity contribution < 1.29 is 0 Å². The summed E-state index contributed by atoms with van der Waals surface area (Å²) in [6.07, 6.45) is 2.57. The summed E-state index contributed by atoms with van der Waals surface area (Å²) in [4.78, 5) is 0. The van der Waals surface area contributed by atoms with E-state index in [9.17, 15) is 0 Å². The summed E-state index contributed by atoms with van der Waals surface area (Å²) >= 11 is 2.47. The van der Waals surface area contributed by atoms with Gasteiger partial charge in [0.1, 0.15) is 0 Å². The van der Waals surface area contributed by atoms with Gasteiger partial charge in [-0.25, -0.2) is 3.11 Å². The SMILES string of the molecule is IN1CCCC1c1ccccc1-c1ccccc1. The van der Waals surface area contributed by atoms with Crippen LogP contribution in [0.2, 0.25) is 0 Å². The van der Waals surface area contributed by atoms with E-state index in [-0.39, 0.29) is 0 Å². The normalized spacial score (nSPS) is 20.2. The Hall–Kier alpha value is -0.870. The van der Waals surface area contributed by atoms with E-state index < -0.39 is 0 Å². The second-order valence-electron chi connectivity index (χ2n) is 4.73. The minimum Gasteiger partial charge on any atom is -0.240 e. The monoisotopic (exact) mass is 349 g/mol. The number of benzene rings is 2. The van der Waals surface area contributed by atoms with E-state index in [2.05, 4.69) is 80.6 Å². The second kappa shape index (κ2) is 5.41. The van der Waals surface area contributed by atoms with Crippen molar-refractivity contribution in [1.29, 1.82) is 0 Å². The minimum absolute atomic E-state index is 0.571. The fourth-order valence-corrected chi connectivity index (χ4v) is 3.63. The third-order valence-corrected chi connectivity index (χ3v) is 4.75.